The third kappa shape index (κ3) is 2.65. The van der Waals surface area contributed by atoms with Gasteiger partial charge in [0, 0.05) is 7.11 Å². The van der Waals surface area contributed by atoms with E-state index >= 15 is 0 Å². The van der Waals surface area contributed by atoms with Gasteiger partial charge in [0.15, 0.2) is 0 Å². The summed E-state index contributed by atoms with van der Waals surface area (Å²) in [6, 6.07) is 0. The number of methoxy groups -OCH3 is 1. The Balaban J connectivity index is 6.89. The van der Waals surface area contributed by atoms with Crippen molar-refractivity contribution in [1.29, 1.82) is 0 Å². The first-order chi connectivity index (χ1) is 9.18. The molecule has 0 heterocycles. The zero-order valence-corrected chi connectivity index (χ0v) is 10.6. The van der Waals surface area contributed by atoms with E-state index in [-0.39, 0.29) is 13.2 Å². The molecule has 0 bridgehead atoms. The molecule has 124 valence electrons. The highest BCUT2D eigenvalue weighted by Gasteiger charge is 2.85. The molecular formula is C11H11F9O. The topological polar surface area (TPSA) is 9.23 Å². The van der Waals surface area contributed by atoms with E-state index in [1.807, 2.05) is 0 Å². The van der Waals surface area contributed by atoms with Crippen molar-refractivity contribution >= 4 is 0 Å². The van der Waals surface area contributed by atoms with Crippen LogP contribution < -0.4 is 0 Å². The fourth-order valence-electron chi connectivity index (χ4n) is 2.09. The molecule has 1 atom stereocenters. The molecule has 0 aromatic heterocycles. The van der Waals surface area contributed by atoms with Gasteiger partial charge in [0.2, 0.25) is 11.0 Å². The summed E-state index contributed by atoms with van der Waals surface area (Å²) in [7, 11) is 0.102. The molecule has 0 amide bonds. The minimum Gasteiger partial charge on any atom is -0.364 e. The van der Waals surface area contributed by atoms with Gasteiger partial charge < -0.3 is 4.74 Å². The van der Waals surface area contributed by atoms with Crippen LogP contribution in [-0.4, -0.2) is 31.2 Å². The molecular weight excluding hydrogens is 319 g/mol. The number of hydrogen-bond donors (Lipinski definition) is 0. The number of ether oxygens (including phenoxy) is 1. The van der Waals surface area contributed by atoms with E-state index in [0.29, 0.717) is 0 Å². The van der Waals surface area contributed by atoms with Gasteiger partial charge in [-0.05, 0) is 12.5 Å². The Labute approximate surface area is 114 Å². The van der Waals surface area contributed by atoms with Gasteiger partial charge in [0.1, 0.15) is 0 Å². The maximum Gasteiger partial charge on any atom is 0.422 e. The summed E-state index contributed by atoms with van der Waals surface area (Å²) < 4.78 is 121. The maximum atomic E-state index is 13.1. The monoisotopic (exact) mass is 330 g/mol. The largest absolute Gasteiger partial charge is 0.422 e. The normalized spacial score (nSPS) is 17.2. The van der Waals surface area contributed by atoms with Crippen molar-refractivity contribution < 1.29 is 44.3 Å². The molecule has 0 spiro atoms. The summed E-state index contributed by atoms with van der Waals surface area (Å²) in [6.07, 6.45) is -21.2. The van der Waals surface area contributed by atoms with Gasteiger partial charge in [-0.15, -0.1) is 6.58 Å². The average Bonchev–Trinajstić information content (AvgIpc) is 2.24. The van der Waals surface area contributed by atoms with Crippen molar-refractivity contribution in [3.05, 3.63) is 25.3 Å². The van der Waals surface area contributed by atoms with Gasteiger partial charge >= 0.3 is 18.5 Å². The van der Waals surface area contributed by atoms with Gasteiger partial charge in [-0.1, -0.05) is 12.7 Å². The lowest BCUT2D eigenvalue weighted by atomic mass is 9.67. The van der Waals surface area contributed by atoms with Gasteiger partial charge in [0.25, 0.3) is 0 Å². The first-order valence-electron chi connectivity index (χ1n) is 5.18. The average molecular weight is 330 g/mol. The van der Waals surface area contributed by atoms with Crippen LogP contribution in [0.25, 0.3) is 0 Å². The Morgan fingerprint density at radius 3 is 1.33 bits per heavy atom. The lowest BCUT2D eigenvalue weighted by Gasteiger charge is -2.49. The number of halogens is 9. The van der Waals surface area contributed by atoms with Crippen LogP contribution in [0, 0.1) is 5.41 Å². The Morgan fingerprint density at radius 2 is 1.19 bits per heavy atom. The van der Waals surface area contributed by atoms with Gasteiger partial charge in [0.05, 0.1) is 0 Å². The van der Waals surface area contributed by atoms with Crippen molar-refractivity contribution in [3.63, 3.8) is 0 Å². The van der Waals surface area contributed by atoms with Crippen molar-refractivity contribution in [1.82, 2.24) is 0 Å². The van der Waals surface area contributed by atoms with E-state index in [4.69, 9.17) is 0 Å². The van der Waals surface area contributed by atoms with Crippen molar-refractivity contribution in [2.24, 2.45) is 5.41 Å². The summed E-state index contributed by atoms with van der Waals surface area (Å²) in [6.45, 7) is 5.15. The van der Waals surface area contributed by atoms with Gasteiger partial charge in [-0.25, -0.2) is 0 Å². The quantitative estimate of drug-likeness (QED) is 0.519. The third-order valence-electron chi connectivity index (χ3n) is 3.08. The van der Waals surface area contributed by atoms with Crippen LogP contribution in [0.15, 0.2) is 25.3 Å². The van der Waals surface area contributed by atoms with Crippen LogP contribution >= 0.6 is 0 Å². The van der Waals surface area contributed by atoms with Crippen LogP contribution in [0.3, 0.4) is 0 Å². The van der Waals surface area contributed by atoms with Gasteiger partial charge in [-0.3, -0.25) is 0 Å². The molecule has 0 aliphatic rings. The number of rotatable bonds is 5. The molecule has 0 aliphatic heterocycles. The van der Waals surface area contributed by atoms with E-state index in [9.17, 15) is 39.5 Å². The fraction of sp³-hybridized carbons (Fsp3) is 0.636. The summed E-state index contributed by atoms with van der Waals surface area (Å²) >= 11 is 0. The zero-order valence-electron chi connectivity index (χ0n) is 10.6. The Bertz CT molecular complexity index is 376. The molecule has 0 N–H and O–H groups in total. The lowest BCUT2D eigenvalue weighted by Crippen LogP contribution is -2.70. The van der Waals surface area contributed by atoms with E-state index in [0.717, 1.165) is 0 Å². The fourth-order valence-corrected chi connectivity index (χ4v) is 2.09. The third-order valence-corrected chi connectivity index (χ3v) is 3.08. The molecule has 0 radical (unpaired) electrons. The zero-order chi connectivity index (χ0) is 17.3. The van der Waals surface area contributed by atoms with Crippen LogP contribution in [-0.2, 0) is 4.74 Å². The first-order valence-corrected chi connectivity index (χ1v) is 5.18. The molecule has 21 heavy (non-hydrogen) atoms. The molecule has 0 aliphatic carbocycles. The SMILES string of the molecule is C=CCC(C(F)(F)F)(C(F)(F)F)C(C=C)(OC)C(F)(F)F. The molecule has 0 saturated heterocycles. The first kappa shape index (κ1) is 19.8. The highest BCUT2D eigenvalue weighted by Crippen LogP contribution is 2.64. The second-order valence-corrected chi connectivity index (χ2v) is 4.04. The maximum absolute atomic E-state index is 13.1. The lowest BCUT2D eigenvalue weighted by molar-refractivity contribution is -0.424. The second kappa shape index (κ2) is 5.54. The van der Waals surface area contributed by atoms with Crippen LogP contribution in [0.1, 0.15) is 6.42 Å². The van der Waals surface area contributed by atoms with E-state index in [1.54, 1.807) is 0 Å². The highest BCUT2D eigenvalue weighted by atomic mass is 19.4. The van der Waals surface area contributed by atoms with Crippen molar-refractivity contribution in [3.8, 4) is 0 Å². The summed E-state index contributed by atoms with van der Waals surface area (Å²) in [5.74, 6) is 0. The summed E-state index contributed by atoms with van der Waals surface area (Å²) in [5.41, 5.74) is -9.96. The van der Waals surface area contributed by atoms with Crippen LogP contribution in [0.4, 0.5) is 39.5 Å². The second-order valence-electron chi connectivity index (χ2n) is 4.04. The van der Waals surface area contributed by atoms with Crippen LogP contribution in [0.5, 0.6) is 0 Å². The minimum atomic E-state index is -6.32. The number of alkyl halides is 9. The molecule has 0 saturated carbocycles. The number of hydrogen-bond acceptors (Lipinski definition) is 1. The Kier molecular flexibility index (Phi) is 5.23. The molecule has 1 unspecified atom stereocenters. The Morgan fingerprint density at radius 1 is 0.810 bits per heavy atom. The molecule has 10 heteroatoms. The molecule has 0 aromatic rings. The summed E-state index contributed by atoms with van der Waals surface area (Å²) in [4.78, 5) is 0. The Hall–Kier alpha value is -1.19. The van der Waals surface area contributed by atoms with Crippen molar-refractivity contribution in [2.45, 2.75) is 30.6 Å². The predicted octanol–water partition coefficient (Wildman–Crippen LogP) is 4.81. The summed E-state index contributed by atoms with van der Waals surface area (Å²) in [5, 5.41) is 0. The van der Waals surface area contributed by atoms with E-state index in [2.05, 4.69) is 17.9 Å². The standard InChI is InChI=1S/C11H11F9O/c1-4-6-7(9(12,13)14,10(15,16)17)8(5-2,21-3)11(18,19)20/h4-5H,1-2,6H2,3H3. The van der Waals surface area contributed by atoms with Crippen LogP contribution in [0.2, 0.25) is 0 Å². The molecule has 0 fully saturated rings. The van der Waals surface area contributed by atoms with Crippen molar-refractivity contribution in [2.75, 3.05) is 7.11 Å². The van der Waals surface area contributed by atoms with Gasteiger partial charge in [-0.2, -0.15) is 39.5 Å². The highest BCUT2D eigenvalue weighted by molar-refractivity contribution is 5.21. The predicted molar refractivity (Wildman–Crippen MR) is 55.3 cm³/mol. The van der Waals surface area contributed by atoms with E-state index in [1.165, 1.54) is 0 Å². The molecule has 0 aromatic carbocycles. The minimum absolute atomic E-state index is 0.101. The van der Waals surface area contributed by atoms with E-state index < -0.39 is 42.0 Å². The number of allylic oxidation sites excluding steroid dienone is 1. The molecule has 1 nitrogen and oxygen atoms in total. The molecule has 0 rings (SSSR count). The smallest absolute Gasteiger partial charge is 0.364 e.